The molecule has 0 bridgehead atoms. The number of carbonyl (C=O) groups is 5. The van der Waals surface area contributed by atoms with Crippen molar-refractivity contribution in [2.24, 2.45) is 0 Å². The molecule has 21 heteroatoms. The number of anilines is 2. The predicted octanol–water partition coefficient (Wildman–Crippen LogP) is 4.73. The van der Waals surface area contributed by atoms with Gasteiger partial charge in [0.2, 0.25) is 17.7 Å². The van der Waals surface area contributed by atoms with Gasteiger partial charge in [0, 0.05) is 66.7 Å². The number of aromatic nitrogens is 3. The lowest BCUT2D eigenvalue weighted by molar-refractivity contribution is -0.136. The number of nitrogen functional groups attached to an aromatic ring is 1. The van der Waals surface area contributed by atoms with Crippen LogP contribution < -0.4 is 21.1 Å². The number of pyridine rings is 1. The smallest absolute Gasteiger partial charge is 0.264 e. The third-order valence-electron chi connectivity index (χ3n) is 11.4. The predicted molar refractivity (Wildman–Crippen MR) is 240 cm³/mol. The minimum absolute atomic E-state index is 0.0342. The van der Waals surface area contributed by atoms with Crippen molar-refractivity contribution in [3.8, 4) is 16.9 Å². The number of hydrogen-bond acceptors (Lipinski definition) is 14. The molecule has 0 aliphatic carbocycles. The summed E-state index contributed by atoms with van der Waals surface area (Å²) >= 11 is 12.3. The molecule has 2 fully saturated rings. The first-order valence-electron chi connectivity index (χ1n) is 21.7. The van der Waals surface area contributed by atoms with Crippen molar-refractivity contribution in [1.29, 1.82) is 0 Å². The van der Waals surface area contributed by atoms with Crippen LogP contribution in [0, 0.1) is 5.82 Å². The quantitative estimate of drug-likeness (QED) is 0.0521. The van der Waals surface area contributed by atoms with Gasteiger partial charge in [-0.05, 0) is 55.2 Å². The van der Waals surface area contributed by atoms with E-state index in [1.54, 1.807) is 36.7 Å². The molecule has 18 nitrogen and oxygen atoms in total. The van der Waals surface area contributed by atoms with Crippen LogP contribution in [-0.2, 0) is 39.8 Å². The van der Waals surface area contributed by atoms with Crippen LogP contribution in [0.3, 0.4) is 0 Å². The molecule has 2 aromatic heterocycles. The van der Waals surface area contributed by atoms with E-state index in [0.717, 1.165) is 28.9 Å². The van der Waals surface area contributed by atoms with Crippen molar-refractivity contribution < 1.29 is 52.0 Å². The molecule has 0 saturated carbocycles. The van der Waals surface area contributed by atoms with Crippen molar-refractivity contribution in [3.05, 3.63) is 87.5 Å². The van der Waals surface area contributed by atoms with Crippen LogP contribution in [0.2, 0.25) is 10.0 Å². The van der Waals surface area contributed by atoms with Crippen molar-refractivity contribution >= 4 is 64.2 Å². The summed E-state index contributed by atoms with van der Waals surface area (Å²) in [7, 11) is 0. The van der Waals surface area contributed by atoms with E-state index >= 15 is 0 Å². The number of ether oxygens (including phenoxy) is 5. The Morgan fingerprint density at radius 3 is 2.30 bits per heavy atom. The lowest BCUT2D eigenvalue weighted by Crippen LogP contribution is -2.54. The molecule has 5 amide bonds. The van der Waals surface area contributed by atoms with Gasteiger partial charge in [-0.25, -0.2) is 9.37 Å². The summed E-state index contributed by atoms with van der Waals surface area (Å²) in [6.07, 6.45) is 7.56. The van der Waals surface area contributed by atoms with Crippen LogP contribution in [0.5, 0.6) is 5.75 Å². The molecule has 0 spiro atoms. The molecule has 352 valence electrons. The summed E-state index contributed by atoms with van der Waals surface area (Å²) in [6, 6.07) is 8.44. The molecule has 2 saturated heterocycles. The van der Waals surface area contributed by atoms with Gasteiger partial charge in [0.05, 0.1) is 94.3 Å². The molecule has 0 radical (unpaired) electrons. The Hall–Kier alpha value is -5.70. The maximum absolute atomic E-state index is 13.9. The number of nitrogens with two attached hydrogens (primary N) is 1. The highest BCUT2D eigenvalue weighted by Crippen LogP contribution is 2.34. The summed E-state index contributed by atoms with van der Waals surface area (Å²) < 4.78 is 44.1. The molecule has 4 aromatic rings. The fraction of sp³-hybridized carbons (Fsp3) is 0.444. The molecule has 66 heavy (non-hydrogen) atoms. The Morgan fingerprint density at radius 1 is 0.864 bits per heavy atom. The fourth-order valence-electron chi connectivity index (χ4n) is 7.86. The summed E-state index contributed by atoms with van der Waals surface area (Å²) in [4.78, 5) is 70.1. The van der Waals surface area contributed by atoms with E-state index in [2.05, 4.69) is 20.7 Å². The molecule has 4 N–H and O–H groups in total. The lowest BCUT2D eigenvalue weighted by Gasteiger charge is -2.32. The van der Waals surface area contributed by atoms with Crippen molar-refractivity contribution in [1.82, 2.24) is 29.9 Å². The Labute approximate surface area is 390 Å². The van der Waals surface area contributed by atoms with E-state index in [1.165, 1.54) is 12.1 Å². The van der Waals surface area contributed by atoms with E-state index in [0.29, 0.717) is 94.5 Å². The van der Waals surface area contributed by atoms with E-state index < -0.39 is 35.5 Å². The second-order valence-electron chi connectivity index (χ2n) is 15.7. The maximum Gasteiger partial charge on any atom is 0.264 e. The highest BCUT2D eigenvalue weighted by atomic mass is 35.5. The first-order chi connectivity index (χ1) is 32.0. The molecule has 5 heterocycles. The van der Waals surface area contributed by atoms with E-state index in [9.17, 15) is 28.4 Å². The summed E-state index contributed by atoms with van der Waals surface area (Å²) in [6.45, 7) is 4.49. The second kappa shape index (κ2) is 23.2. The van der Waals surface area contributed by atoms with Gasteiger partial charge in [0.1, 0.15) is 11.9 Å². The molecule has 0 unspecified atom stereocenters. The van der Waals surface area contributed by atoms with Gasteiger partial charge in [-0.1, -0.05) is 29.3 Å². The Bertz CT molecular complexity index is 2400. The number of likely N-dealkylation sites (tertiary alicyclic amines) is 1. The number of rotatable bonds is 23. The number of hydrogen-bond donors (Lipinski definition) is 3. The summed E-state index contributed by atoms with van der Waals surface area (Å²) in [5.41, 5.74) is 8.99. The Balaban J connectivity index is 0.698. The van der Waals surface area contributed by atoms with Gasteiger partial charge >= 0.3 is 0 Å². The normalized spacial score (nSPS) is 16.5. The first kappa shape index (κ1) is 48.2. The number of fused-ring (bicyclic) bond motifs is 1. The fourth-order valence-corrected chi connectivity index (χ4v) is 8.42. The zero-order chi connectivity index (χ0) is 46.6. The summed E-state index contributed by atoms with van der Waals surface area (Å²) in [5, 5.41) is 10.2. The van der Waals surface area contributed by atoms with E-state index in [-0.39, 0.29) is 66.2 Å². The minimum atomic E-state index is -1.03. The lowest BCUT2D eigenvalue weighted by atomic mass is 10.0. The van der Waals surface area contributed by atoms with Crippen molar-refractivity contribution in [2.45, 2.75) is 50.6 Å². The Kier molecular flexibility index (Phi) is 16.9. The Morgan fingerprint density at radius 2 is 1.58 bits per heavy atom. The van der Waals surface area contributed by atoms with Crippen LogP contribution in [0.1, 0.15) is 64.4 Å². The van der Waals surface area contributed by atoms with Gasteiger partial charge in [0.15, 0.2) is 11.6 Å². The zero-order valence-corrected chi connectivity index (χ0v) is 37.6. The van der Waals surface area contributed by atoms with Gasteiger partial charge in [-0.3, -0.25) is 38.9 Å². The molecule has 3 aliphatic rings. The topological polar surface area (TPSA) is 219 Å². The summed E-state index contributed by atoms with van der Waals surface area (Å²) in [5.74, 6) is -2.14. The van der Waals surface area contributed by atoms with Crippen LogP contribution in [-0.4, -0.2) is 139 Å². The van der Waals surface area contributed by atoms with Gasteiger partial charge in [-0.2, -0.15) is 5.10 Å². The standard InChI is InChI=1S/C45H51Cl2FN8O10/c46-33-4-5-34(48)41(47)31(33)10-16-66-37-24-28(25-51-42(37)49)29-26-52-55(27-29)30-8-13-54(14-9-30)39(58)11-15-62-18-20-64-22-23-65-21-19-63-17-12-50-35-3-1-2-32-40(35)45(61)56(44(32)60)36-6-7-38(57)53-43(36)59/h1-5,24-27,30,36,50H,6-23H2,(H2,49,51)(H,53,57,59)/t36-/m1/s1. The number of imide groups is 2. The third kappa shape index (κ3) is 12.0. The molecule has 2 aromatic carbocycles. The molecule has 3 aliphatic heterocycles. The number of benzene rings is 2. The highest BCUT2D eigenvalue weighted by Gasteiger charge is 2.45. The number of nitrogens with one attached hydrogen (secondary N) is 2. The van der Waals surface area contributed by atoms with Gasteiger partial charge < -0.3 is 39.6 Å². The average molecular weight is 954 g/mol. The van der Waals surface area contributed by atoms with Crippen LogP contribution in [0.15, 0.2) is 55.0 Å². The van der Waals surface area contributed by atoms with Crippen LogP contribution in [0.25, 0.3) is 11.1 Å². The third-order valence-corrected chi connectivity index (χ3v) is 12.1. The number of piperidine rings is 2. The molecule has 7 rings (SSSR count). The van der Waals surface area contributed by atoms with Crippen molar-refractivity contribution in [3.63, 3.8) is 0 Å². The largest absolute Gasteiger partial charge is 0.489 e. The maximum atomic E-state index is 13.9. The zero-order valence-electron chi connectivity index (χ0n) is 36.1. The number of nitrogens with zero attached hydrogens (tertiary/aromatic N) is 5. The van der Waals surface area contributed by atoms with Crippen LogP contribution in [0.4, 0.5) is 15.9 Å². The average Bonchev–Trinajstić information content (AvgIpc) is 3.91. The van der Waals surface area contributed by atoms with Gasteiger partial charge in [0.25, 0.3) is 11.8 Å². The van der Waals surface area contributed by atoms with Crippen LogP contribution >= 0.6 is 23.2 Å². The van der Waals surface area contributed by atoms with E-state index in [1.807, 2.05) is 15.8 Å². The SMILES string of the molecule is Nc1ncc(-c2cnn(C3CCN(C(=O)CCOCCOCCOCCOCCNc4cccc5c4C(=O)N([C@@H]4CCC(=O)NC4=O)C5=O)CC3)c2)cc1OCCc1c(Cl)ccc(F)c1Cl. The van der Waals surface area contributed by atoms with Gasteiger partial charge in [-0.15, -0.1) is 0 Å². The number of amides is 5. The van der Waals surface area contributed by atoms with E-state index in [4.69, 9.17) is 52.6 Å². The number of carbonyl (C=O) groups excluding carboxylic acids is 5. The highest BCUT2D eigenvalue weighted by molar-refractivity contribution is 6.36. The minimum Gasteiger partial charge on any atom is -0.489 e. The van der Waals surface area contributed by atoms with Crippen molar-refractivity contribution in [2.75, 3.05) is 90.1 Å². The molecule has 1 atom stereocenters. The second-order valence-corrected chi connectivity index (χ2v) is 16.4. The molecular weight excluding hydrogens is 902 g/mol. The first-order valence-corrected chi connectivity index (χ1v) is 22.5. The monoisotopic (exact) mass is 952 g/mol. The molecular formula is C45H51Cl2FN8O10. The number of halogens is 3.